The standard InChI is InChI=1S/C11H12N4O/c1-7-3-2-4-9(13-7)10-14-11(16-15-10)8-5-12-6-8/h2-4,8,12H,5-6H2,1H3. The van der Waals surface area contributed by atoms with E-state index in [0.717, 1.165) is 24.5 Å². The highest BCUT2D eigenvalue weighted by molar-refractivity contribution is 5.48. The van der Waals surface area contributed by atoms with Crippen molar-refractivity contribution in [3.05, 3.63) is 29.8 Å². The summed E-state index contributed by atoms with van der Waals surface area (Å²) in [5, 5.41) is 7.13. The van der Waals surface area contributed by atoms with E-state index >= 15 is 0 Å². The molecule has 0 amide bonds. The van der Waals surface area contributed by atoms with Gasteiger partial charge in [-0.2, -0.15) is 4.98 Å². The normalized spacial score (nSPS) is 16.1. The summed E-state index contributed by atoms with van der Waals surface area (Å²) < 4.78 is 5.22. The number of aryl methyl sites for hydroxylation is 1. The Bertz CT molecular complexity index is 504. The summed E-state index contributed by atoms with van der Waals surface area (Å²) in [6.45, 7) is 3.78. The average molecular weight is 216 g/mol. The molecule has 2 aromatic heterocycles. The molecule has 0 spiro atoms. The van der Waals surface area contributed by atoms with Gasteiger partial charge in [0.25, 0.3) is 0 Å². The van der Waals surface area contributed by atoms with Crippen molar-refractivity contribution in [2.75, 3.05) is 13.1 Å². The molecule has 0 aromatic carbocycles. The van der Waals surface area contributed by atoms with Gasteiger partial charge in [-0.05, 0) is 19.1 Å². The molecule has 16 heavy (non-hydrogen) atoms. The molecule has 0 atom stereocenters. The lowest BCUT2D eigenvalue weighted by atomic mass is 10.0. The molecule has 5 nitrogen and oxygen atoms in total. The van der Waals surface area contributed by atoms with Crippen LogP contribution in [0.4, 0.5) is 0 Å². The third kappa shape index (κ3) is 1.59. The lowest BCUT2D eigenvalue weighted by molar-refractivity contribution is 0.308. The van der Waals surface area contributed by atoms with Crippen molar-refractivity contribution in [2.45, 2.75) is 12.8 Å². The molecule has 82 valence electrons. The third-order valence-electron chi connectivity index (χ3n) is 2.69. The molecule has 1 N–H and O–H groups in total. The van der Waals surface area contributed by atoms with E-state index in [4.69, 9.17) is 4.52 Å². The quantitative estimate of drug-likeness (QED) is 0.815. The molecular formula is C11H12N4O. The number of rotatable bonds is 2. The zero-order chi connectivity index (χ0) is 11.0. The van der Waals surface area contributed by atoms with E-state index in [1.165, 1.54) is 0 Å². The molecule has 0 bridgehead atoms. The van der Waals surface area contributed by atoms with Crippen LogP contribution < -0.4 is 5.32 Å². The fourth-order valence-electron chi connectivity index (χ4n) is 1.64. The van der Waals surface area contributed by atoms with E-state index in [2.05, 4.69) is 20.4 Å². The van der Waals surface area contributed by atoms with Crippen molar-refractivity contribution in [3.8, 4) is 11.5 Å². The second-order valence-corrected chi connectivity index (χ2v) is 3.98. The first-order valence-electron chi connectivity index (χ1n) is 5.31. The van der Waals surface area contributed by atoms with Crippen LogP contribution in [0.2, 0.25) is 0 Å². The Morgan fingerprint density at radius 1 is 1.31 bits per heavy atom. The van der Waals surface area contributed by atoms with Gasteiger partial charge < -0.3 is 9.84 Å². The highest BCUT2D eigenvalue weighted by Gasteiger charge is 2.25. The average Bonchev–Trinajstić information content (AvgIpc) is 2.64. The van der Waals surface area contributed by atoms with Gasteiger partial charge in [0.05, 0.1) is 5.92 Å². The summed E-state index contributed by atoms with van der Waals surface area (Å²) in [4.78, 5) is 8.72. The fourth-order valence-corrected chi connectivity index (χ4v) is 1.64. The number of nitrogens with one attached hydrogen (secondary N) is 1. The largest absolute Gasteiger partial charge is 0.339 e. The van der Waals surface area contributed by atoms with Crippen molar-refractivity contribution >= 4 is 0 Å². The van der Waals surface area contributed by atoms with Crippen LogP contribution in [0, 0.1) is 6.92 Å². The van der Waals surface area contributed by atoms with Gasteiger partial charge >= 0.3 is 0 Å². The van der Waals surface area contributed by atoms with Gasteiger partial charge in [0.15, 0.2) is 0 Å². The molecule has 1 aliphatic rings. The summed E-state index contributed by atoms with van der Waals surface area (Å²) >= 11 is 0. The van der Waals surface area contributed by atoms with Gasteiger partial charge in [-0.25, -0.2) is 4.98 Å². The van der Waals surface area contributed by atoms with Crippen LogP contribution in [0.5, 0.6) is 0 Å². The smallest absolute Gasteiger partial charge is 0.232 e. The van der Waals surface area contributed by atoms with E-state index in [0.29, 0.717) is 17.6 Å². The summed E-state index contributed by atoms with van der Waals surface area (Å²) in [5.74, 6) is 1.65. The second kappa shape index (κ2) is 3.68. The number of aromatic nitrogens is 3. The van der Waals surface area contributed by atoms with Gasteiger partial charge in [0.2, 0.25) is 11.7 Å². The topological polar surface area (TPSA) is 63.8 Å². The van der Waals surface area contributed by atoms with Crippen LogP contribution in [0.25, 0.3) is 11.5 Å². The van der Waals surface area contributed by atoms with Crippen molar-refractivity contribution in [1.82, 2.24) is 20.4 Å². The van der Waals surface area contributed by atoms with E-state index in [1.54, 1.807) is 0 Å². The van der Waals surface area contributed by atoms with Crippen LogP contribution in [0.15, 0.2) is 22.7 Å². The number of hydrogen-bond donors (Lipinski definition) is 1. The molecule has 3 heterocycles. The van der Waals surface area contributed by atoms with Crippen molar-refractivity contribution in [1.29, 1.82) is 0 Å². The summed E-state index contributed by atoms with van der Waals surface area (Å²) in [6.07, 6.45) is 0. The van der Waals surface area contributed by atoms with Crippen LogP contribution >= 0.6 is 0 Å². The van der Waals surface area contributed by atoms with Crippen molar-refractivity contribution < 1.29 is 4.52 Å². The molecule has 3 rings (SSSR count). The minimum atomic E-state index is 0.367. The van der Waals surface area contributed by atoms with Gasteiger partial charge in [0.1, 0.15) is 5.69 Å². The van der Waals surface area contributed by atoms with Gasteiger partial charge in [-0.15, -0.1) is 0 Å². The van der Waals surface area contributed by atoms with Gasteiger partial charge in [-0.1, -0.05) is 11.2 Å². The zero-order valence-electron chi connectivity index (χ0n) is 8.97. The van der Waals surface area contributed by atoms with E-state index in [-0.39, 0.29) is 0 Å². The predicted molar refractivity (Wildman–Crippen MR) is 57.9 cm³/mol. The number of hydrogen-bond acceptors (Lipinski definition) is 5. The molecule has 0 saturated carbocycles. The maximum Gasteiger partial charge on any atom is 0.232 e. The van der Waals surface area contributed by atoms with Gasteiger partial charge in [0, 0.05) is 18.8 Å². The van der Waals surface area contributed by atoms with Crippen molar-refractivity contribution in [3.63, 3.8) is 0 Å². The lowest BCUT2D eigenvalue weighted by Crippen LogP contribution is -2.40. The Labute approximate surface area is 92.9 Å². The second-order valence-electron chi connectivity index (χ2n) is 3.98. The van der Waals surface area contributed by atoms with E-state index in [9.17, 15) is 0 Å². The van der Waals surface area contributed by atoms with E-state index < -0.39 is 0 Å². The molecule has 1 aliphatic heterocycles. The Morgan fingerprint density at radius 3 is 2.88 bits per heavy atom. The SMILES string of the molecule is Cc1cccc(-c2noc(C3CNC3)n2)n1. The number of pyridine rings is 1. The Balaban J connectivity index is 1.91. The third-order valence-corrected chi connectivity index (χ3v) is 2.69. The molecule has 1 saturated heterocycles. The zero-order valence-corrected chi connectivity index (χ0v) is 8.97. The summed E-state index contributed by atoms with van der Waals surface area (Å²) in [6, 6.07) is 5.78. The minimum absolute atomic E-state index is 0.367. The maximum absolute atomic E-state index is 5.22. The molecule has 2 aromatic rings. The predicted octanol–water partition coefficient (Wildman–Crippen LogP) is 1.13. The first-order valence-corrected chi connectivity index (χ1v) is 5.31. The molecule has 5 heteroatoms. The lowest BCUT2D eigenvalue weighted by Gasteiger charge is -2.22. The minimum Gasteiger partial charge on any atom is -0.339 e. The summed E-state index contributed by atoms with van der Waals surface area (Å²) in [7, 11) is 0. The van der Waals surface area contributed by atoms with Crippen LogP contribution in [-0.4, -0.2) is 28.2 Å². The molecule has 0 unspecified atom stereocenters. The van der Waals surface area contributed by atoms with Crippen LogP contribution in [0.3, 0.4) is 0 Å². The Kier molecular flexibility index (Phi) is 2.18. The molecule has 0 radical (unpaired) electrons. The number of nitrogens with zero attached hydrogens (tertiary/aromatic N) is 3. The Hall–Kier alpha value is -1.75. The first-order chi connectivity index (χ1) is 7.83. The van der Waals surface area contributed by atoms with E-state index in [1.807, 2.05) is 25.1 Å². The fraction of sp³-hybridized carbons (Fsp3) is 0.364. The molecular weight excluding hydrogens is 204 g/mol. The summed E-state index contributed by atoms with van der Waals surface area (Å²) in [5.41, 5.74) is 1.72. The highest BCUT2D eigenvalue weighted by atomic mass is 16.5. The maximum atomic E-state index is 5.22. The van der Waals surface area contributed by atoms with Crippen LogP contribution in [0.1, 0.15) is 17.5 Å². The Morgan fingerprint density at radius 2 is 2.19 bits per heavy atom. The highest BCUT2D eigenvalue weighted by Crippen LogP contribution is 2.21. The first kappa shape index (κ1) is 9.47. The molecule has 0 aliphatic carbocycles. The van der Waals surface area contributed by atoms with Gasteiger partial charge in [-0.3, -0.25) is 0 Å². The monoisotopic (exact) mass is 216 g/mol. The molecule has 1 fully saturated rings. The van der Waals surface area contributed by atoms with Crippen molar-refractivity contribution in [2.24, 2.45) is 0 Å². The van der Waals surface area contributed by atoms with Crippen LogP contribution in [-0.2, 0) is 0 Å².